The maximum Gasteiger partial charge on any atom is 0.261 e. The molecule has 0 unspecified atom stereocenters. The van der Waals surface area contributed by atoms with Gasteiger partial charge in [0, 0.05) is 12.6 Å². The molecule has 0 aromatic heterocycles. The molecule has 0 radical (unpaired) electrons. The molecule has 2 atom stereocenters. The van der Waals surface area contributed by atoms with Crippen LogP contribution in [0, 0.1) is 5.92 Å². The molecular weight excluding hydrogens is 374 g/mol. The van der Waals surface area contributed by atoms with Gasteiger partial charge in [0.05, 0.1) is 6.61 Å². The smallest absolute Gasteiger partial charge is 0.261 e. The Morgan fingerprint density at radius 2 is 1.52 bits per heavy atom. The SMILES string of the molecule is CC(C)(C)[Si](OC[C@@H]1CC[C@H](CO)CCCN1)(c1ccccc1)c1ccccc1. The average Bonchev–Trinajstić information content (AvgIpc) is 2.71. The van der Waals surface area contributed by atoms with Gasteiger partial charge in [0.1, 0.15) is 0 Å². The minimum atomic E-state index is -2.48. The second-order valence-electron chi connectivity index (χ2n) is 9.39. The second-order valence-corrected chi connectivity index (χ2v) is 13.7. The number of hydrogen-bond acceptors (Lipinski definition) is 3. The van der Waals surface area contributed by atoms with Crippen LogP contribution in [0.5, 0.6) is 0 Å². The van der Waals surface area contributed by atoms with Gasteiger partial charge in [-0.1, -0.05) is 81.4 Å². The molecule has 1 saturated heterocycles. The molecular formula is C25H37NO2Si. The van der Waals surface area contributed by atoms with Crippen molar-refractivity contribution in [2.24, 2.45) is 5.92 Å². The largest absolute Gasteiger partial charge is 0.406 e. The quantitative estimate of drug-likeness (QED) is 0.712. The third kappa shape index (κ3) is 5.18. The van der Waals surface area contributed by atoms with Crippen LogP contribution in [0.2, 0.25) is 5.04 Å². The van der Waals surface area contributed by atoms with Gasteiger partial charge in [-0.2, -0.15) is 0 Å². The van der Waals surface area contributed by atoms with Crippen LogP contribution in [0.4, 0.5) is 0 Å². The number of aliphatic hydroxyl groups excluding tert-OH is 1. The molecule has 0 aliphatic carbocycles. The number of benzene rings is 2. The Labute approximate surface area is 177 Å². The standard InChI is InChI=1S/C25H37NO2Si/c1-25(2,3)29(23-12-6-4-7-13-23,24-14-8-5-9-15-24)28-20-22-17-16-21(19-27)11-10-18-26-22/h4-9,12-15,21-22,26-27H,10-11,16-20H2,1-3H3/t21-,22+/m1/s1. The average molecular weight is 412 g/mol. The van der Waals surface area contributed by atoms with Crippen LogP contribution in [-0.2, 0) is 4.43 Å². The van der Waals surface area contributed by atoms with Gasteiger partial charge in [-0.25, -0.2) is 0 Å². The molecule has 2 aromatic carbocycles. The van der Waals surface area contributed by atoms with Crippen molar-refractivity contribution >= 4 is 18.7 Å². The zero-order chi connectivity index (χ0) is 20.7. The molecule has 158 valence electrons. The van der Waals surface area contributed by atoms with Crippen LogP contribution in [-0.4, -0.2) is 39.2 Å². The number of hydrogen-bond donors (Lipinski definition) is 2. The third-order valence-corrected chi connectivity index (χ3v) is 11.3. The molecule has 1 fully saturated rings. The lowest BCUT2D eigenvalue weighted by molar-refractivity contribution is 0.177. The third-order valence-electron chi connectivity index (χ3n) is 6.32. The van der Waals surface area contributed by atoms with Crippen molar-refractivity contribution in [3.8, 4) is 0 Å². The monoisotopic (exact) mass is 411 g/mol. The highest BCUT2D eigenvalue weighted by Gasteiger charge is 2.50. The number of nitrogens with one attached hydrogen (secondary N) is 1. The molecule has 0 amide bonds. The lowest BCUT2D eigenvalue weighted by Crippen LogP contribution is -2.67. The molecule has 2 N–H and O–H groups in total. The highest BCUT2D eigenvalue weighted by Crippen LogP contribution is 2.37. The van der Waals surface area contributed by atoms with Crippen LogP contribution in [0.1, 0.15) is 46.5 Å². The van der Waals surface area contributed by atoms with Crippen LogP contribution >= 0.6 is 0 Å². The van der Waals surface area contributed by atoms with Gasteiger partial charge in [-0.3, -0.25) is 0 Å². The van der Waals surface area contributed by atoms with E-state index in [4.69, 9.17) is 4.43 Å². The fourth-order valence-electron chi connectivity index (χ4n) is 4.69. The van der Waals surface area contributed by atoms with E-state index in [0.717, 1.165) is 32.2 Å². The van der Waals surface area contributed by atoms with E-state index in [1.807, 2.05) is 0 Å². The Bertz CT molecular complexity index is 690. The Morgan fingerprint density at radius 3 is 2.03 bits per heavy atom. The molecule has 29 heavy (non-hydrogen) atoms. The zero-order valence-electron chi connectivity index (χ0n) is 18.2. The summed E-state index contributed by atoms with van der Waals surface area (Å²) in [4.78, 5) is 0. The molecule has 3 nitrogen and oxygen atoms in total. The van der Waals surface area contributed by atoms with E-state index in [9.17, 15) is 5.11 Å². The van der Waals surface area contributed by atoms with Crippen LogP contribution in [0.25, 0.3) is 0 Å². The molecule has 3 rings (SSSR count). The molecule has 1 aliphatic rings. The van der Waals surface area contributed by atoms with Gasteiger partial charge in [0.15, 0.2) is 0 Å². The van der Waals surface area contributed by atoms with E-state index in [1.165, 1.54) is 10.4 Å². The summed E-state index contributed by atoms with van der Waals surface area (Å²) in [5.41, 5.74) is 0. The van der Waals surface area contributed by atoms with Crippen LogP contribution in [0.3, 0.4) is 0 Å². The van der Waals surface area contributed by atoms with Crippen molar-refractivity contribution in [2.45, 2.75) is 57.5 Å². The second kappa shape index (κ2) is 10.0. The fraction of sp³-hybridized carbons (Fsp3) is 0.520. The Hall–Kier alpha value is -1.46. The highest BCUT2D eigenvalue weighted by atomic mass is 28.4. The predicted octanol–water partition coefficient (Wildman–Crippen LogP) is 3.70. The summed E-state index contributed by atoms with van der Waals surface area (Å²) in [5, 5.41) is 16.0. The first-order valence-corrected chi connectivity index (χ1v) is 13.0. The van der Waals surface area contributed by atoms with E-state index in [1.54, 1.807) is 0 Å². The normalized spacial score (nSPS) is 21.4. The number of aliphatic hydroxyl groups is 1. The lowest BCUT2D eigenvalue weighted by Gasteiger charge is -2.44. The molecule has 2 aromatic rings. The van der Waals surface area contributed by atoms with Crippen LogP contribution in [0.15, 0.2) is 60.7 Å². The van der Waals surface area contributed by atoms with Crippen molar-refractivity contribution in [1.29, 1.82) is 0 Å². The predicted molar refractivity (Wildman–Crippen MR) is 124 cm³/mol. The lowest BCUT2D eigenvalue weighted by atomic mass is 9.94. The zero-order valence-corrected chi connectivity index (χ0v) is 19.2. The molecule has 4 heteroatoms. The Balaban J connectivity index is 1.91. The van der Waals surface area contributed by atoms with Crippen molar-refractivity contribution in [2.75, 3.05) is 19.8 Å². The highest BCUT2D eigenvalue weighted by molar-refractivity contribution is 6.99. The van der Waals surface area contributed by atoms with Crippen LogP contribution < -0.4 is 15.7 Å². The van der Waals surface area contributed by atoms with Gasteiger partial charge in [-0.15, -0.1) is 0 Å². The first kappa shape index (κ1) is 22.2. The summed E-state index contributed by atoms with van der Waals surface area (Å²) in [5.74, 6) is 0.437. The maximum absolute atomic E-state index is 9.61. The summed E-state index contributed by atoms with van der Waals surface area (Å²) in [6, 6.07) is 22.0. The molecule has 0 bridgehead atoms. The van der Waals surface area contributed by atoms with Crippen molar-refractivity contribution in [3.05, 3.63) is 60.7 Å². The maximum atomic E-state index is 9.61. The minimum absolute atomic E-state index is 0.00492. The summed E-state index contributed by atoms with van der Waals surface area (Å²) >= 11 is 0. The van der Waals surface area contributed by atoms with Crippen molar-refractivity contribution < 1.29 is 9.53 Å². The first-order chi connectivity index (χ1) is 14.0. The number of rotatable bonds is 6. The van der Waals surface area contributed by atoms with Gasteiger partial charge < -0.3 is 14.8 Å². The molecule has 1 heterocycles. The van der Waals surface area contributed by atoms with E-state index < -0.39 is 8.32 Å². The molecule has 0 spiro atoms. The van der Waals surface area contributed by atoms with E-state index in [0.29, 0.717) is 25.2 Å². The van der Waals surface area contributed by atoms with E-state index in [-0.39, 0.29) is 5.04 Å². The Morgan fingerprint density at radius 1 is 0.931 bits per heavy atom. The van der Waals surface area contributed by atoms with Gasteiger partial charge in [0.2, 0.25) is 0 Å². The fourth-order valence-corrected chi connectivity index (χ4v) is 9.30. The van der Waals surface area contributed by atoms with E-state index >= 15 is 0 Å². The summed E-state index contributed by atoms with van der Waals surface area (Å²) in [6.07, 6.45) is 4.37. The minimum Gasteiger partial charge on any atom is -0.406 e. The Kier molecular flexibility index (Phi) is 7.69. The summed E-state index contributed by atoms with van der Waals surface area (Å²) < 4.78 is 7.08. The van der Waals surface area contributed by atoms with Gasteiger partial charge in [-0.05, 0) is 53.6 Å². The van der Waals surface area contributed by atoms with Gasteiger partial charge >= 0.3 is 0 Å². The summed E-state index contributed by atoms with van der Waals surface area (Å²) in [7, 11) is -2.48. The first-order valence-electron chi connectivity index (χ1n) is 11.1. The molecule has 0 saturated carbocycles. The topological polar surface area (TPSA) is 41.5 Å². The molecule has 1 aliphatic heterocycles. The van der Waals surface area contributed by atoms with Crippen molar-refractivity contribution in [3.63, 3.8) is 0 Å². The summed E-state index contributed by atoms with van der Waals surface area (Å²) in [6.45, 7) is 9.00. The van der Waals surface area contributed by atoms with E-state index in [2.05, 4.69) is 86.8 Å². The van der Waals surface area contributed by atoms with Crippen molar-refractivity contribution in [1.82, 2.24) is 5.32 Å². The van der Waals surface area contributed by atoms with Gasteiger partial charge in [0.25, 0.3) is 8.32 Å².